The summed E-state index contributed by atoms with van der Waals surface area (Å²) in [5.74, 6) is 1.24. The number of benzene rings is 1. The topological polar surface area (TPSA) is 135 Å². The fourth-order valence-corrected chi connectivity index (χ4v) is 5.06. The van der Waals surface area contributed by atoms with Gasteiger partial charge >= 0.3 is 0 Å². The molecule has 0 radical (unpaired) electrons. The van der Waals surface area contributed by atoms with Crippen LogP contribution >= 0.6 is 0 Å². The number of nitrogens with one attached hydrogen (secondary N) is 1. The van der Waals surface area contributed by atoms with Gasteiger partial charge in [0.2, 0.25) is 5.75 Å². The lowest BCUT2D eigenvalue weighted by Gasteiger charge is -2.18. The van der Waals surface area contributed by atoms with E-state index in [2.05, 4.69) is 24.7 Å². The number of methoxy groups -OCH3 is 1. The van der Waals surface area contributed by atoms with Gasteiger partial charge in [-0.15, -0.1) is 0 Å². The summed E-state index contributed by atoms with van der Waals surface area (Å²) < 4.78 is 53.0. The molecule has 0 aliphatic carbocycles. The molecule has 5 rings (SSSR count). The van der Waals surface area contributed by atoms with Crippen molar-refractivity contribution in [1.82, 2.24) is 19.9 Å². The van der Waals surface area contributed by atoms with Gasteiger partial charge in [-0.2, -0.15) is 13.4 Å². The summed E-state index contributed by atoms with van der Waals surface area (Å²) >= 11 is 0. The molecule has 11 nitrogen and oxygen atoms in total. The lowest BCUT2D eigenvalue weighted by Crippen LogP contribution is -2.19. The van der Waals surface area contributed by atoms with Gasteiger partial charge in [-0.3, -0.25) is 9.71 Å². The lowest BCUT2D eigenvalue weighted by atomic mass is 10.1. The number of pyridine rings is 2. The summed E-state index contributed by atoms with van der Waals surface area (Å²) in [4.78, 5) is 17.4. The maximum absolute atomic E-state index is 13.5. The number of nitrogens with zero attached hydrogens (tertiary/aromatic N) is 4. The average molecular weight is 578 g/mol. The molecule has 1 aliphatic heterocycles. The van der Waals surface area contributed by atoms with Gasteiger partial charge in [0.15, 0.2) is 16.7 Å². The molecule has 4 heterocycles. The van der Waals surface area contributed by atoms with Crippen LogP contribution in [0.15, 0.2) is 72.1 Å². The SMILES string of the molecule is COc1cccc(Oc2c(NS(=O)(=O)c3ccc(C(C)C)cn3)nc(-c3ccncc3)nc2OCC2CCCO2)c1. The van der Waals surface area contributed by atoms with Gasteiger partial charge in [0.25, 0.3) is 15.9 Å². The molecular formula is C29H31N5O6S. The highest BCUT2D eigenvalue weighted by Gasteiger charge is 2.27. The van der Waals surface area contributed by atoms with Crippen molar-refractivity contribution in [2.24, 2.45) is 0 Å². The molecule has 0 spiro atoms. The van der Waals surface area contributed by atoms with Crippen LogP contribution in [-0.2, 0) is 14.8 Å². The first kappa shape index (κ1) is 28.2. The molecule has 3 aromatic heterocycles. The third-order valence-electron chi connectivity index (χ3n) is 6.40. The molecule has 1 fully saturated rings. The van der Waals surface area contributed by atoms with Gasteiger partial charge in [0.1, 0.15) is 18.1 Å². The minimum absolute atomic E-state index is 0.0172. The molecule has 0 amide bonds. The number of ether oxygens (including phenoxy) is 4. The van der Waals surface area contributed by atoms with Crippen LogP contribution in [0.1, 0.15) is 38.2 Å². The van der Waals surface area contributed by atoms with Crippen molar-refractivity contribution < 1.29 is 27.4 Å². The molecule has 0 saturated carbocycles. The highest BCUT2D eigenvalue weighted by atomic mass is 32.2. The number of hydrogen-bond donors (Lipinski definition) is 1. The van der Waals surface area contributed by atoms with E-state index < -0.39 is 10.0 Å². The van der Waals surface area contributed by atoms with E-state index in [9.17, 15) is 8.42 Å². The zero-order valence-electron chi connectivity index (χ0n) is 23.0. The number of anilines is 1. The molecule has 1 aromatic carbocycles. The molecule has 1 saturated heterocycles. The lowest BCUT2D eigenvalue weighted by molar-refractivity contribution is 0.0655. The predicted octanol–water partition coefficient (Wildman–Crippen LogP) is 5.22. The van der Waals surface area contributed by atoms with Crippen LogP contribution in [0, 0.1) is 0 Å². The monoisotopic (exact) mass is 577 g/mol. The Bertz CT molecular complexity index is 1580. The van der Waals surface area contributed by atoms with E-state index in [1.165, 1.54) is 6.07 Å². The van der Waals surface area contributed by atoms with E-state index >= 15 is 0 Å². The van der Waals surface area contributed by atoms with Crippen LogP contribution in [-0.4, -0.2) is 54.8 Å². The minimum atomic E-state index is -4.18. The first-order chi connectivity index (χ1) is 19.8. The van der Waals surface area contributed by atoms with Crippen LogP contribution in [0.4, 0.5) is 5.82 Å². The van der Waals surface area contributed by atoms with E-state index in [0.29, 0.717) is 23.7 Å². The van der Waals surface area contributed by atoms with Gasteiger partial charge in [-0.05, 0) is 54.7 Å². The summed E-state index contributed by atoms with van der Waals surface area (Å²) in [5, 5.41) is -0.167. The second-order valence-electron chi connectivity index (χ2n) is 9.68. The largest absolute Gasteiger partial charge is 0.497 e. The van der Waals surface area contributed by atoms with Gasteiger partial charge in [0.05, 0.1) is 13.2 Å². The Morgan fingerprint density at radius 3 is 2.56 bits per heavy atom. The summed E-state index contributed by atoms with van der Waals surface area (Å²) in [7, 11) is -2.64. The van der Waals surface area contributed by atoms with E-state index in [4.69, 9.17) is 18.9 Å². The highest BCUT2D eigenvalue weighted by molar-refractivity contribution is 7.92. The molecule has 1 aliphatic rings. The zero-order chi connectivity index (χ0) is 28.8. The quantitative estimate of drug-likeness (QED) is 0.253. The minimum Gasteiger partial charge on any atom is -0.497 e. The Labute approximate surface area is 239 Å². The van der Waals surface area contributed by atoms with Gasteiger partial charge in [-0.25, -0.2) is 9.97 Å². The first-order valence-electron chi connectivity index (χ1n) is 13.2. The Balaban J connectivity index is 1.60. The number of rotatable bonds is 11. The van der Waals surface area contributed by atoms with Crippen LogP contribution < -0.4 is 18.9 Å². The van der Waals surface area contributed by atoms with Crippen molar-refractivity contribution >= 4 is 15.8 Å². The van der Waals surface area contributed by atoms with Gasteiger partial charge in [0, 0.05) is 36.8 Å². The van der Waals surface area contributed by atoms with Crippen molar-refractivity contribution in [1.29, 1.82) is 0 Å². The third-order valence-corrected chi connectivity index (χ3v) is 7.65. The normalized spacial score (nSPS) is 15.1. The standard InChI is InChI=1S/C29H31N5O6S/c1-19(2)21-9-10-25(31-17-21)41(35,36)34-28-26(40-23-7-4-6-22(16-23)37-3)29(39-18-24-8-5-15-38-24)33-27(32-28)20-11-13-30-14-12-20/h4,6-7,9-14,16-17,19,24H,5,8,15,18H2,1-3H3,(H,32,33,34). The summed E-state index contributed by atoms with van der Waals surface area (Å²) in [6, 6.07) is 13.5. The van der Waals surface area contributed by atoms with E-state index in [1.807, 2.05) is 13.8 Å². The number of aromatic nitrogens is 4. The average Bonchev–Trinajstić information content (AvgIpc) is 3.51. The fraction of sp³-hybridized carbons (Fsp3) is 0.310. The summed E-state index contributed by atoms with van der Waals surface area (Å²) in [6.07, 6.45) is 6.38. The Morgan fingerprint density at radius 2 is 1.88 bits per heavy atom. The predicted molar refractivity (Wildman–Crippen MR) is 152 cm³/mol. The maximum Gasteiger partial charge on any atom is 0.280 e. The maximum atomic E-state index is 13.5. The Kier molecular flexibility index (Phi) is 8.60. The van der Waals surface area contributed by atoms with Crippen molar-refractivity contribution in [3.8, 4) is 34.5 Å². The van der Waals surface area contributed by atoms with E-state index in [-0.39, 0.29) is 46.9 Å². The molecule has 4 aromatic rings. The Hall–Kier alpha value is -4.29. The second-order valence-corrected chi connectivity index (χ2v) is 11.3. The van der Waals surface area contributed by atoms with Crippen molar-refractivity contribution in [3.63, 3.8) is 0 Å². The van der Waals surface area contributed by atoms with Gasteiger partial charge < -0.3 is 18.9 Å². The molecule has 12 heteroatoms. The van der Waals surface area contributed by atoms with Crippen LogP contribution in [0.25, 0.3) is 11.4 Å². The first-order valence-corrected chi connectivity index (χ1v) is 14.7. The molecular weight excluding hydrogens is 546 g/mol. The fourth-order valence-electron chi connectivity index (χ4n) is 4.12. The van der Waals surface area contributed by atoms with Gasteiger partial charge in [-0.1, -0.05) is 26.0 Å². The smallest absolute Gasteiger partial charge is 0.280 e. The van der Waals surface area contributed by atoms with Crippen LogP contribution in [0.5, 0.6) is 23.1 Å². The Morgan fingerprint density at radius 1 is 1.07 bits per heavy atom. The van der Waals surface area contributed by atoms with Crippen LogP contribution in [0.3, 0.4) is 0 Å². The number of hydrogen-bond acceptors (Lipinski definition) is 10. The van der Waals surface area contributed by atoms with Crippen molar-refractivity contribution in [3.05, 3.63) is 72.7 Å². The van der Waals surface area contributed by atoms with Crippen molar-refractivity contribution in [2.75, 3.05) is 25.0 Å². The van der Waals surface area contributed by atoms with E-state index in [1.54, 1.807) is 68.2 Å². The zero-order valence-corrected chi connectivity index (χ0v) is 23.8. The van der Waals surface area contributed by atoms with Crippen molar-refractivity contribution in [2.45, 2.75) is 43.7 Å². The molecule has 1 unspecified atom stereocenters. The molecule has 0 bridgehead atoms. The highest BCUT2D eigenvalue weighted by Crippen LogP contribution is 2.40. The van der Waals surface area contributed by atoms with Crippen LogP contribution in [0.2, 0.25) is 0 Å². The third kappa shape index (κ3) is 6.90. The molecule has 214 valence electrons. The molecule has 1 atom stereocenters. The van der Waals surface area contributed by atoms with E-state index in [0.717, 1.165) is 18.4 Å². The second kappa shape index (κ2) is 12.5. The number of sulfonamides is 1. The molecule has 1 N–H and O–H groups in total. The molecule has 41 heavy (non-hydrogen) atoms. The summed E-state index contributed by atoms with van der Waals surface area (Å²) in [6.45, 7) is 4.86. The summed E-state index contributed by atoms with van der Waals surface area (Å²) in [5.41, 5.74) is 1.52.